The summed E-state index contributed by atoms with van der Waals surface area (Å²) in [7, 11) is 0. The number of unbranched alkanes of at least 4 members (excludes halogenated alkanes) is 2. The first-order valence-electron chi connectivity index (χ1n) is 8.36. The minimum absolute atomic E-state index is 0.895. The van der Waals surface area contributed by atoms with Crippen molar-refractivity contribution >= 4 is 0 Å². The van der Waals surface area contributed by atoms with Crippen molar-refractivity contribution < 1.29 is 0 Å². The van der Waals surface area contributed by atoms with E-state index in [4.69, 9.17) is 0 Å². The Labute approximate surface area is 113 Å². The van der Waals surface area contributed by atoms with Crippen LogP contribution in [-0.2, 0) is 0 Å². The minimum atomic E-state index is 0.895. The molecule has 3 rings (SSSR count). The third-order valence-electron chi connectivity index (χ3n) is 5.09. The molecule has 2 saturated carbocycles. The van der Waals surface area contributed by atoms with Gasteiger partial charge >= 0.3 is 0 Å². The molecule has 2 unspecified atom stereocenters. The van der Waals surface area contributed by atoms with Crippen LogP contribution in [0.2, 0.25) is 0 Å². The number of nitrogens with zero attached hydrogens (tertiary/aromatic N) is 1. The third-order valence-corrected chi connectivity index (χ3v) is 5.09. The number of piperidine rings is 1. The monoisotopic (exact) mass is 250 g/mol. The van der Waals surface area contributed by atoms with Crippen LogP contribution in [0, 0.1) is 11.8 Å². The lowest BCUT2D eigenvalue weighted by Gasteiger charge is -2.41. The van der Waals surface area contributed by atoms with Gasteiger partial charge in [-0.25, -0.2) is 0 Å². The van der Waals surface area contributed by atoms with Crippen LogP contribution in [0.3, 0.4) is 0 Å². The Balaban J connectivity index is 1.24. The van der Waals surface area contributed by atoms with E-state index in [0.29, 0.717) is 0 Å². The van der Waals surface area contributed by atoms with Crippen molar-refractivity contribution in [1.29, 1.82) is 0 Å². The molecule has 2 atom stereocenters. The SMILES string of the molecule is C(CCNC1CC1)CCN1CC2CCCC(C2)C1. The van der Waals surface area contributed by atoms with Gasteiger partial charge in [-0.15, -0.1) is 0 Å². The predicted molar refractivity (Wildman–Crippen MR) is 76.8 cm³/mol. The van der Waals surface area contributed by atoms with Crippen molar-refractivity contribution in [2.75, 3.05) is 26.2 Å². The molecule has 0 radical (unpaired) electrons. The molecular weight excluding hydrogens is 220 g/mol. The maximum absolute atomic E-state index is 3.61. The van der Waals surface area contributed by atoms with E-state index in [1.54, 1.807) is 6.42 Å². The average molecular weight is 250 g/mol. The Morgan fingerprint density at radius 3 is 2.39 bits per heavy atom. The van der Waals surface area contributed by atoms with E-state index in [1.807, 2.05) is 0 Å². The second kappa shape index (κ2) is 6.38. The summed E-state index contributed by atoms with van der Waals surface area (Å²) < 4.78 is 0. The van der Waals surface area contributed by atoms with Crippen LogP contribution in [0.5, 0.6) is 0 Å². The molecule has 1 aliphatic heterocycles. The summed E-state index contributed by atoms with van der Waals surface area (Å²) in [5.41, 5.74) is 0. The maximum Gasteiger partial charge on any atom is 0.00682 e. The number of nitrogens with one attached hydrogen (secondary N) is 1. The van der Waals surface area contributed by atoms with Gasteiger partial charge in [0.05, 0.1) is 0 Å². The van der Waals surface area contributed by atoms with Gasteiger partial charge in [-0.3, -0.25) is 0 Å². The fourth-order valence-corrected chi connectivity index (χ4v) is 3.95. The molecule has 0 aromatic rings. The first-order chi connectivity index (χ1) is 8.90. The fourth-order valence-electron chi connectivity index (χ4n) is 3.95. The zero-order chi connectivity index (χ0) is 12.2. The van der Waals surface area contributed by atoms with Crippen LogP contribution in [-0.4, -0.2) is 37.1 Å². The van der Waals surface area contributed by atoms with Crippen LogP contribution in [0.25, 0.3) is 0 Å². The Morgan fingerprint density at radius 2 is 1.67 bits per heavy atom. The highest BCUT2D eigenvalue weighted by Gasteiger charge is 2.29. The number of rotatable bonds is 7. The van der Waals surface area contributed by atoms with Gasteiger partial charge in [0.15, 0.2) is 0 Å². The average Bonchev–Trinajstić information content (AvgIpc) is 3.17. The van der Waals surface area contributed by atoms with Gasteiger partial charge in [-0.2, -0.15) is 0 Å². The summed E-state index contributed by atoms with van der Waals surface area (Å²) >= 11 is 0. The van der Waals surface area contributed by atoms with Crippen LogP contribution in [0.4, 0.5) is 0 Å². The van der Waals surface area contributed by atoms with E-state index in [1.165, 1.54) is 77.5 Å². The largest absolute Gasteiger partial charge is 0.314 e. The van der Waals surface area contributed by atoms with E-state index in [0.717, 1.165) is 17.9 Å². The highest BCUT2D eigenvalue weighted by molar-refractivity contribution is 4.83. The summed E-state index contributed by atoms with van der Waals surface area (Å²) in [5, 5.41) is 3.61. The molecule has 1 N–H and O–H groups in total. The highest BCUT2D eigenvalue weighted by atomic mass is 15.1. The summed E-state index contributed by atoms with van der Waals surface area (Å²) in [6.07, 6.45) is 13.2. The quantitative estimate of drug-likeness (QED) is 0.699. The molecule has 3 fully saturated rings. The topological polar surface area (TPSA) is 15.3 Å². The Morgan fingerprint density at radius 1 is 0.889 bits per heavy atom. The van der Waals surface area contributed by atoms with Gasteiger partial charge in [-0.1, -0.05) is 12.8 Å². The maximum atomic E-state index is 3.61. The van der Waals surface area contributed by atoms with Crippen molar-refractivity contribution in [3.8, 4) is 0 Å². The van der Waals surface area contributed by atoms with Crippen molar-refractivity contribution in [2.45, 2.75) is 63.8 Å². The molecule has 0 spiro atoms. The Bertz CT molecular complexity index is 237. The lowest BCUT2D eigenvalue weighted by atomic mass is 9.78. The van der Waals surface area contributed by atoms with E-state index in [2.05, 4.69) is 10.2 Å². The fraction of sp³-hybridized carbons (Fsp3) is 1.00. The molecule has 2 bridgehead atoms. The summed E-state index contributed by atoms with van der Waals surface area (Å²) in [4.78, 5) is 2.77. The molecule has 2 nitrogen and oxygen atoms in total. The number of hydrogen-bond acceptors (Lipinski definition) is 2. The molecule has 1 heterocycles. The van der Waals surface area contributed by atoms with Gasteiger partial charge in [-0.05, 0) is 69.9 Å². The molecule has 2 heteroatoms. The first-order valence-corrected chi connectivity index (χ1v) is 8.36. The zero-order valence-corrected chi connectivity index (χ0v) is 11.9. The molecule has 2 aliphatic carbocycles. The second-order valence-corrected chi connectivity index (χ2v) is 6.95. The Kier molecular flexibility index (Phi) is 4.58. The first kappa shape index (κ1) is 12.9. The van der Waals surface area contributed by atoms with Crippen molar-refractivity contribution in [1.82, 2.24) is 10.2 Å². The second-order valence-electron chi connectivity index (χ2n) is 6.95. The van der Waals surface area contributed by atoms with Crippen LogP contribution in [0.1, 0.15) is 57.8 Å². The summed E-state index contributed by atoms with van der Waals surface area (Å²) in [6.45, 7) is 5.46. The Hall–Kier alpha value is -0.0800. The molecule has 0 aromatic carbocycles. The number of likely N-dealkylation sites (tertiary alicyclic amines) is 1. The smallest absolute Gasteiger partial charge is 0.00682 e. The summed E-state index contributed by atoms with van der Waals surface area (Å²) in [5.74, 6) is 2.10. The van der Waals surface area contributed by atoms with E-state index >= 15 is 0 Å². The molecule has 3 aliphatic rings. The van der Waals surface area contributed by atoms with Crippen LogP contribution >= 0.6 is 0 Å². The summed E-state index contributed by atoms with van der Waals surface area (Å²) in [6, 6.07) is 0.895. The van der Waals surface area contributed by atoms with Crippen LogP contribution in [0.15, 0.2) is 0 Å². The molecule has 104 valence electrons. The zero-order valence-electron chi connectivity index (χ0n) is 11.9. The normalized spacial score (nSPS) is 32.7. The molecule has 0 aromatic heterocycles. The van der Waals surface area contributed by atoms with Crippen molar-refractivity contribution in [2.24, 2.45) is 11.8 Å². The third kappa shape index (κ3) is 3.96. The lowest BCUT2D eigenvalue weighted by molar-refractivity contribution is 0.0848. The van der Waals surface area contributed by atoms with E-state index in [-0.39, 0.29) is 0 Å². The minimum Gasteiger partial charge on any atom is -0.314 e. The van der Waals surface area contributed by atoms with Gasteiger partial charge in [0.1, 0.15) is 0 Å². The number of fused-ring (bicyclic) bond motifs is 2. The van der Waals surface area contributed by atoms with Gasteiger partial charge < -0.3 is 10.2 Å². The van der Waals surface area contributed by atoms with Crippen LogP contribution < -0.4 is 5.32 Å². The predicted octanol–water partition coefficient (Wildman–Crippen LogP) is 3.03. The highest BCUT2D eigenvalue weighted by Crippen LogP contribution is 2.34. The van der Waals surface area contributed by atoms with Gasteiger partial charge in [0.2, 0.25) is 0 Å². The molecule has 1 saturated heterocycles. The molecule has 18 heavy (non-hydrogen) atoms. The van der Waals surface area contributed by atoms with Gasteiger partial charge in [0, 0.05) is 19.1 Å². The standard InChI is InChI=1S/C16H30N2/c1(2-9-17-16-7-8-16)3-10-18-12-14-5-4-6-15(11-14)13-18/h14-17H,1-13H2. The lowest BCUT2D eigenvalue weighted by Crippen LogP contribution is -2.42. The van der Waals surface area contributed by atoms with Crippen molar-refractivity contribution in [3.05, 3.63) is 0 Å². The number of hydrogen-bond donors (Lipinski definition) is 1. The van der Waals surface area contributed by atoms with Gasteiger partial charge in [0.25, 0.3) is 0 Å². The van der Waals surface area contributed by atoms with Crippen molar-refractivity contribution in [3.63, 3.8) is 0 Å². The van der Waals surface area contributed by atoms with E-state index in [9.17, 15) is 0 Å². The molecule has 0 amide bonds. The molecular formula is C16H30N2. The van der Waals surface area contributed by atoms with E-state index < -0.39 is 0 Å².